The van der Waals surface area contributed by atoms with E-state index >= 15 is 0 Å². The zero-order valence-corrected chi connectivity index (χ0v) is 10.7. The van der Waals surface area contributed by atoms with Crippen LogP contribution in [0.2, 0.25) is 0 Å². The first-order valence-electron chi connectivity index (χ1n) is 6.62. The third kappa shape index (κ3) is 2.38. The first kappa shape index (κ1) is 11.9. The number of rotatable bonds is 2. The Morgan fingerprint density at radius 3 is 2.89 bits per heavy atom. The highest BCUT2D eigenvalue weighted by Crippen LogP contribution is 2.27. The van der Waals surface area contributed by atoms with Crippen LogP contribution in [0, 0.1) is 11.3 Å². The molecular weight excluding hydrogens is 236 g/mol. The average Bonchev–Trinajstić information content (AvgIpc) is 2.48. The van der Waals surface area contributed by atoms with E-state index in [1.54, 1.807) is 6.20 Å². The number of nitrogens with zero attached hydrogens (tertiary/aromatic N) is 2. The summed E-state index contributed by atoms with van der Waals surface area (Å²) in [5, 5.41) is 18.2. The van der Waals surface area contributed by atoms with E-state index in [0.29, 0.717) is 11.6 Å². The fourth-order valence-corrected chi connectivity index (χ4v) is 2.63. The Morgan fingerprint density at radius 1 is 1.26 bits per heavy atom. The molecule has 0 bridgehead atoms. The number of benzene rings is 1. The van der Waals surface area contributed by atoms with E-state index in [1.807, 2.05) is 24.4 Å². The lowest BCUT2D eigenvalue weighted by Crippen LogP contribution is -2.35. The summed E-state index contributed by atoms with van der Waals surface area (Å²) in [6, 6.07) is 8.76. The van der Waals surface area contributed by atoms with Crippen molar-refractivity contribution in [2.45, 2.75) is 18.9 Å². The smallest absolute Gasteiger partial charge is 0.101 e. The Hall–Kier alpha value is -2.12. The molecule has 1 aromatic heterocycles. The molecule has 4 nitrogen and oxygen atoms in total. The standard InChI is InChI=1S/C15H16N4/c16-8-12-10-18-9-11-2-1-3-14(15(11)12)19-13-4-6-17-7-5-13/h1-3,9-10,13,17,19H,4-7H2. The third-order valence-electron chi connectivity index (χ3n) is 3.60. The van der Waals surface area contributed by atoms with Gasteiger partial charge < -0.3 is 10.6 Å². The van der Waals surface area contributed by atoms with E-state index in [0.717, 1.165) is 42.4 Å². The normalized spacial score (nSPS) is 16.2. The van der Waals surface area contributed by atoms with Crippen molar-refractivity contribution in [3.63, 3.8) is 0 Å². The predicted octanol–water partition coefficient (Wildman–Crippen LogP) is 2.27. The Balaban J connectivity index is 2.00. The van der Waals surface area contributed by atoms with E-state index in [-0.39, 0.29) is 0 Å². The molecule has 0 unspecified atom stereocenters. The van der Waals surface area contributed by atoms with Crippen LogP contribution in [0.4, 0.5) is 5.69 Å². The van der Waals surface area contributed by atoms with Gasteiger partial charge in [-0.1, -0.05) is 12.1 Å². The Bertz CT molecular complexity index is 618. The molecule has 0 aliphatic carbocycles. The Labute approximate surface area is 112 Å². The number of hydrogen-bond acceptors (Lipinski definition) is 4. The highest BCUT2D eigenvalue weighted by Gasteiger charge is 2.14. The summed E-state index contributed by atoms with van der Waals surface area (Å²) in [6.07, 6.45) is 5.67. The number of fused-ring (bicyclic) bond motifs is 1. The fourth-order valence-electron chi connectivity index (χ4n) is 2.63. The van der Waals surface area contributed by atoms with Crippen molar-refractivity contribution in [3.05, 3.63) is 36.2 Å². The van der Waals surface area contributed by atoms with Crippen LogP contribution in [0.1, 0.15) is 18.4 Å². The summed E-state index contributed by atoms with van der Waals surface area (Å²) in [5.74, 6) is 0. The van der Waals surface area contributed by atoms with Gasteiger partial charge in [-0.2, -0.15) is 5.26 Å². The molecule has 1 aliphatic rings. The lowest BCUT2D eigenvalue weighted by atomic mass is 10.0. The van der Waals surface area contributed by atoms with Crippen molar-refractivity contribution >= 4 is 16.5 Å². The fraction of sp³-hybridized carbons (Fsp3) is 0.333. The number of piperidine rings is 1. The van der Waals surface area contributed by atoms with Crippen LogP contribution < -0.4 is 10.6 Å². The van der Waals surface area contributed by atoms with E-state index in [2.05, 4.69) is 21.7 Å². The summed E-state index contributed by atoms with van der Waals surface area (Å²) < 4.78 is 0. The van der Waals surface area contributed by atoms with Crippen molar-refractivity contribution < 1.29 is 0 Å². The molecule has 1 fully saturated rings. The maximum absolute atomic E-state index is 9.24. The van der Waals surface area contributed by atoms with Crippen molar-refractivity contribution in [2.24, 2.45) is 0 Å². The minimum Gasteiger partial charge on any atom is -0.382 e. The number of pyridine rings is 1. The summed E-state index contributed by atoms with van der Waals surface area (Å²) in [7, 11) is 0. The van der Waals surface area contributed by atoms with Gasteiger partial charge in [-0.25, -0.2) is 0 Å². The summed E-state index contributed by atoms with van der Waals surface area (Å²) in [5.41, 5.74) is 1.68. The minimum absolute atomic E-state index is 0.478. The predicted molar refractivity (Wildman–Crippen MR) is 76.0 cm³/mol. The average molecular weight is 252 g/mol. The molecular formula is C15H16N4. The SMILES string of the molecule is N#Cc1cncc2cccc(NC3CCNCC3)c12. The van der Waals surface area contributed by atoms with Crippen LogP contribution in [0.25, 0.3) is 10.8 Å². The molecule has 3 rings (SSSR count). The summed E-state index contributed by atoms with van der Waals surface area (Å²) in [6.45, 7) is 2.10. The van der Waals surface area contributed by atoms with Crippen molar-refractivity contribution in [1.82, 2.24) is 10.3 Å². The molecule has 2 aromatic rings. The second-order valence-electron chi connectivity index (χ2n) is 4.87. The number of aromatic nitrogens is 1. The number of nitriles is 1. The Morgan fingerprint density at radius 2 is 2.11 bits per heavy atom. The third-order valence-corrected chi connectivity index (χ3v) is 3.60. The highest BCUT2D eigenvalue weighted by atomic mass is 15.0. The van der Waals surface area contributed by atoms with E-state index in [9.17, 15) is 5.26 Å². The van der Waals surface area contributed by atoms with Crippen LogP contribution in [0.15, 0.2) is 30.6 Å². The van der Waals surface area contributed by atoms with E-state index < -0.39 is 0 Å². The second-order valence-corrected chi connectivity index (χ2v) is 4.87. The molecule has 2 N–H and O–H groups in total. The highest BCUT2D eigenvalue weighted by molar-refractivity contribution is 5.97. The second kappa shape index (κ2) is 5.25. The molecule has 1 saturated heterocycles. The van der Waals surface area contributed by atoms with Gasteiger partial charge in [0.2, 0.25) is 0 Å². The molecule has 19 heavy (non-hydrogen) atoms. The topological polar surface area (TPSA) is 60.7 Å². The molecule has 1 aromatic carbocycles. The number of nitrogens with one attached hydrogen (secondary N) is 2. The first-order chi connectivity index (χ1) is 9.38. The molecule has 1 aliphatic heterocycles. The number of anilines is 1. The summed E-state index contributed by atoms with van der Waals surface area (Å²) >= 11 is 0. The molecule has 96 valence electrons. The van der Waals surface area contributed by atoms with Gasteiger partial charge in [0.15, 0.2) is 0 Å². The maximum Gasteiger partial charge on any atom is 0.101 e. The van der Waals surface area contributed by atoms with Gasteiger partial charge in [0.1, 0.15) is 6.07 Å². The minimum atomic E-state index is 0.478. The largest absolute Gasteiger partial charge is 0.382 e. The van der Waals surface area contributed by atoms with Crippen LogP contribution in [0.5, 0.6) is 0 Å². The molecule has 0 spiro atoms. The van der Waals surface area contributed by atoms with Gasteiger partial charge >= 0.3 is 0 Å². The van der Waals surface area contributed by atoms with Crippen LogP contribution in [-0.2, 0) is 0 Å². The van der Waals surface area contributed by atoms with Gasteiger partial charge in [0, 0.05) is 34.9 Å². The first-order valence-corrected chi connectivity index (χ1v) is 6.62. The summed E-state index contributed by atoms with van der Waals surface area (Å²) in [4.78, 5) is 4.11. The van der Waals surface area contributed by atoms with Gasteiger partial charge in [0.25, 0.3) is 0 Å². The van der Waals surface area contributed by atoms with Gasteiger partial charge in [0.05, 0.1) is 5.56 Å². The zero-order chi connectivity index (χ0) is 13.1. The van der Waals surface area contributed by atoms with Crippen molar-refractivity contribution in [2.75, 3.05) is 18.4 Å². The molecule has 0 saturated carbocycles. The monoisotopic (exact) mass is 252 g/mol. The van der Waals surface area contributed by atoms with Crippen molar-refractivity contribution in [1.29, 1.82) is 5.26 Å². The molecule has 0 atom stereocenters. The molecule has 0 amide bonds. The maximum atomic E-state index is 9.24. The Kier molecular flexibility index (Phi) is 3.30. The van der Waals surface area contributed by atoms with Gasteiger partial charge in [-0.15, -0.1) is 0 Å². The van der Waals surface area contributed by atoms with Crippen LogP contribution >= 0.6 is 0 Å². The molecule has 0 radical (unpaired) electrons. The van der Waals surface area contributed by atoms with Crippen molar-refractivity contribution in [3.8, 4) is 6.07 Å². The molecule has 4 heteroatoms. The van der Waals surface area contributed by atoms with E-state index in [4.69, 9.17) is 0 Å². The van der Waals surface area contributed by atoms with E-state index in [1.165, 1.54) is 0 Å². The van der Waals surface area contributed by atoms with Gasteiger partial charge in [-0.05, 0) is 32.0 Å². The zero-order valence-electron chi connectivity index (χ0n) is 10.7. The lowest BCUT2D eigenvalue weighted by Gasteiger charge is -2.25. The van der Waals surface area contributed by atoms with Crippen LogP contribution in [0.3, 0.4) is 0 Å². The van der Waals surface area contributed by atoms with Gasteiger partial charge in [-0.3, -0.25) is 4.98 Å². The molecule has 2 heterocycles. The lowest BCUT2D eigenvalue weighted by molar-refractivity contribution is 0.479. The quantitative estimate of drug-likeness (QED) is 0.860. The number of hydrogen-bond donors (Lipinski definition) is 2. The van der Waals surface area contributed by atoms with Crippen LogP contribution in [-0.4, -0.2) is 24.1 Å².